The number of benzene rings is 1. The van der Waals surface area contributed by atoms with Crippen LogP contribution in [0.4, 0.5) is 5.82 Å². The van der Waals surface area contributed by atoms with E-state index in [0.717, 1.165) is 8.04 Å². The highest BCUT2D eigenvalue weighted by Gasteiger charge is 2.14. The predicted molar refractivity (Wildman–Crippen MR) is 87.4 cm³/mol. The largest absolute Gasteiger partial charge is 0.307 e. The Balaban J connectivity index is 2.26. The van der Waals surface area contributed by atoms with E-state index in [1.807, 2.05) is 32.0 Å². The van der Waals surface area contributed by atoms with Crippen molar-refractivity contribution in [3.05, 3.63) is 44.1 Å². The molecule has 0 aliphatic carbocycles. The number of carbonyl (C=O) groups is 1. The molecule has 0 fully saturated rings. The van der Waals surface area contributed by atoms with Gasteiger partial charge >= 0.3 is 0 Å². The van der Waals surface area contributed by atoms with Crippen LogP contribution in [0.15, 0.2) is 34.9 Å². The molecule has 1 amide bonds. The Bertz CT molecular complexity index is 610. The molecule has 1 N–H and O–H groups in total. The summed E-state index contributed by atoms with van der Waals surface area (Å²) >= 11 is 5.53. The van der Waals surface area contributed by atoms with Crippen LogP contribution >= 0.6 is 38.5 Å². The maximum absolute atomic E-state index is 12.3. The molecule has 1 aromatic heterocycles. The zero-order chi connectivity index (χ0) is 14.0. The van der Waals surface area contributed by atoms with E-state index in [9.17, 15) is 4.79 Å². The van der Waals surface area contributed by atoms with Crippen LogP contribution in [0, 0.1) is 3.57 Å². The van der Waals surface area contributed by atoms with Gasteiger partial charge in [-0.15, -0.1) is 0 Å². The van der Waals surface area contributed by atoms with E-state index in [-0.39, 0.29) is 11.9 Å². The third-order valence-corrected chi connectivity index (χ3v) is 4.01. The number of nitrogens with zero attached hydrogens (tertiary/aromatic N) is 2. The molecule has 2 rings (SSSR count). The van der Waals surface area contributed by atoms with Gasteiger partial charge in [-0.25, -0.2) is 4.68 Å². The first-order chi connectivity index (χ1) is 8.99. The number of aromatic nitrogens is 2. The van der Waals surface area contributed by atoms with Crippen molar-refractivity contribution in [1.29, 1.82) is 0 Å². The minimum absolute atomic E-state index is 0.131. The van der Waals surface area contributed by atoms with Crippen LogP contribution in [-0.2, 0) is 0 Å². The number of anilines is 1. The van der Waals surface area contributed by atoms with Crippen molar-refractivity contribution in [2.75, 3.05) is 5.32 Å². The molecule has 19 heavy (non-hydrogen) atoms. The first kappa shape index (κ1) is 14.5. The summed E-state index contributed by atoms with van der Waals surface area (Å²) in [5.41, 5.74) is 0.645. The molecule has 0 spiro atoms. The van der Waals surface area contributed by atoms with Gasteiger partial charge in [0.25, 0.3) is 5.91 Å². The van der Waals surface area contributed by atoms with Gasteiger partial charge < -0.3 is 5.32 Å². The number of hydrogen-bond donors (Lipinski definition) is 1. The molecule has 0 saturated heterocycles. The molecule has 1 aromatic carbocycles. The third kappa shape index (κ3) is 3.36. The first-order valence-electron chi connectivity index (χ1n) is 5.79. The molecule has 0 aliphatic rings. The first-order valence-corrected chi connectivity index (χ1v) is 7.66. The number of halogens is 2. The lowest BCUT2D eigenvalue weighted by molar-refractivity contribution is 0.102. The van der Waals surface area contributed by atoms with Crippen molar-refractivity contribution >= 4 is 50.2 Å². The number of rotatable bonds is 3. The smallest absolute Gasteiger partial charge is 0.257 e. The van der Waals surface area contributed by atoms with Crippen LogP contribution in [0.2, 0.25) is 0 Å². The van der Waals surface area contributed by atoms with Crippen molar-refractivity contribution in [3.63, 3.8) is 0 Å². The van der Waals surface area contributed by atoms with E-state index < -0.39 is 0 Å². The highest BCUT2D eigenvalue weighted by Crippen LogP contribution is 2.20. The maximum atomic E-state index is 12.3. The lowest BCUT2D eigenvalue weighted by atomic mass is 10.2. The van der Waals surface area contributed by atoms with Crippen molar-refractivity contribution < 1.29 is 4.79 Å². The van der Waals surface area contributed by atoms with Crippen molar-refractivity contribution in [1.82, 2.24) is 9.78 Å². The minimum atomic E-state index is -0.131. The van der Waals surface area contributed by atoms with Crippen LogP contribution in [-0.4, -0.2) is 15.7 Å². The average Bonchev–Trinajstić information content (AvgIpc) is 2.80. The van der Waals surface area contributed by atoms with Crippen LogP contribution in [0.25, 0.3) is 0 Å². The maximum Gasteiger partial charge on any atom is 0.257 e. The second-order valence-electron chi connectivity index (χ2n) is 4.33. The average molecular weight is 434 g/mol. The quantitative estimate of drug-likeness (QED) is 0.741. The SMILES string of the molecule is CC(C)n1nccc1NC(=O)c1cc(Br)ccc1I. The zero-order valence-corrected chi connectivity index (χ0v) is 14.3. The van der Waals surface area contributed by atoms with Crippen molar-refractivity contribution in [2.45, 2.75) is 19.9 Å². The fraction of sp³-hybridized carbons (Fsp3) is 0.231. The summed E-state index contributed by atoms with van der Waals surface area (Å²) in [7, 11) is 0. The molecular formula is C13H13BrIN3O. The Morgan fingerprint density at radius 1 is 1.42 bits per heavy atom. The fourth-order valence-electron chi connectivity index (χ4n) is 1.68. The summed E-state index contributed by atoms with van der Waals surface area (Å²) in [6, 6.07) is 7.62. The van der Waals surface area contributed by atoms with Gasteiger partial charge in [-0.3, -0.25) is 4.79 Å². The van der Waals surface area contributed by atoms with Crippen LogP contribution < -0.4 is 5.32 Å². The molecule has 2 aromatic rings. The van der Waals surface area contributed by atoms with E-state index >= 15 is 0 Å². The molecule has 0 atom stereocenters. The molecule has 6 heteroatoms. The predicted octanol–water partition coefficient (Wildman–Crippen LogP) is 4.08. The van der Waals surface area contributed by atoms with Gasteiger partial charge in [0.2, 0.25) is 0 Å². The Hall–Kier alpha value is -0.890. The zero-order valence-electron chi connectivity index (χ0n) is 10.5. The lowest BCUT2D eigenvalue weighted by Crippen LogP contribution is -2.17. The molecular weight excluding hydrogens is 421 g/mol. The van der Waals surface area contributed by atoms with Gasteiger partial charge in [-0.05, 0) is 54.6 Å². The highest BCUT2D eigenvalue weighted by molar-refractivity contribution is 14.1. The van der Waals surface area contributed by atoms with Gasteiger partial charge in [0.05, 0.1) is 11.8 Å². The molecule has 1 heterocycles. The van der Waals surface area contributed by atoms with Gasteiger partial charge in [0.15, 0.2) is 0 Å². The van der Waals surface area contributed by atoms with Gasteiger partial charge in [-0.1, -0.05) is 15.9 Å². The summed E-state index contributed by atoms with van der Waals surface area (Å²) in [4.78, 5) is 12.3. The van der Waals surface area contributed by atoms with Gasteiger partial charge in [0, 0.05) is 20.2 Å². The number of hydrogen-bond acceptors (Lipinski definition) is 2. The number of nitrogens with one attached hydrogen (secondary N) is 1. The van der Waals surface area contributed by atoms with Crippen LogP contribution in [0.1, 0.15) is 30.2 Å². The Morgan fingerprint density at radius 2 is 2.16 bits per heavy atom. The molecule has 0 aliphatic heterocycles. The topological polar surface area (TPSA) is 46.9 Å². The molecule has 0 radical (unpaired) electrons. The molecule has 0 unspecified atom stereocenters. The fourth-order valence-corrected chi connectivity index (χ4v) is 2.62. The summed E-state index contributed by atoms with van der Waals surface area (Å²) in [5, 5.41) is 7.09. The van der Waals surface area contributed by atoms with E-state index in [2.05, 4.69) is 48.9 Å². The minimum Gasteiger partial charge on any atom is -0.307 e. The standard InChI is InChI=1S/C13H13BrIN3O/c1-8(2)18-12(5-6-16-18)17-13(19)10-7-9(14)3-4-11(10)15/h3-8H,1-2H3,(H,17,19). The number of carbonyl (C=O) groups excluding carboxylic acids is 1. The van der Waals surface area contributed by atoms with Crippen molar-refractivity contribution in [3.8, 4) is 0 Å². The number of amides is 1. The molecule has 0 saturated carbocycles. The van der Waals surface area contributed by atoms with E-state index in [1.165, 1.54) is 0 Å². The lowest BCUT2D eigenvalue weighted by Gasteiger charge is -2.12. The molecule has 0 bridgehead atoms. The summed E-state index contributed by atoms with van der Waals surface area (Å²) in [6.07, 6.45) is 1.68. The Morgan fingerprint density at radius 3 is 2.84 bits per heavy atom. The summed E-state index contributed by atoms with van der Waals surface area (Å²) in [6.45, 7) is 4.04. The van der Waals surface area contributed by atoms with Gasteiger partial charge in [-0.2, -0.15) is 5.10 Å². The second-order valence-corrected chi connectivity index (χ2v) is 6.41. The van der Waals surface area contributed by atoms with Crippen molar-refractivity contribution in [2.24, 2.45) is 0 Å². The summed E-state index contributed by atoms with van der Waals surface area (Å²) in [5.74, 6) is 0.573. The van der Waals surface area contributed by atoms with Crippen LogP contribution in [0.3, 0.4) is 0 Å². The van der Waals surface area contributed by atoms with Crippen LogP contribution in [0.5, 0.6) is 0 Å². The molecule has 100 valence electrons. The second kappa shape index (κ2) is 6.04. The summed E-state index contributed by atoms with van der Waals surface area (Å²) < 4.78 is 3.58. The van der Waals surface area contributed by atoms with E-state index in [4.69, 9.17) is 0 Å². The van der Waals surface area contributed by atoms with Gasteiger partial charge in [0.1, 0.15) is 5.82 Å². The normalized spacial score (nSPS) is 10.8. The van der Waals surface area contributed by atoms with E-state index in [0.29, 0.717) is 11.4 Å². The van der Waals surface area contributed by atoms with E-state index in [1.54, 1.807) is 16.9 Å². The highest BCUT2D eigenvalue weighted by atomic mass is 127. The third-order valence-electron chi connectivity index (χ3n) is 2.57. The molecule has 4 nitrogen and oxygen atoms in total. The Labute approximate surface area is 133 Å². The Kier molecular flexibility index (Phi) is 4.62. The monoisotopic (exact) mass is 433 g/mol.